The molecule has 1 aromatic rings. The topological polar surface area (TPSA) is 39.1 Å². The van der Waals surface area contributed by atoms with Crippen molar-refractivity contribution in [3.05, 3.63) is 17.5 Å². The SMILES string of the molecule is CCc1cc(CC)n(C(CNC2CC2)COC)n1. The molecule has 1 fully saturated rings. The highest BCUT2D eigenvalue weighted by Crippen LogP contribution is 2.20. The molecule has 0 aliphatic heterocycles. The van der Waals surface area contributed by atoms with Crippen LogP contribution >= 0.6 is 0 Å². The molecule has 1 heterocycles. The highest BCUT2D eigenvalue weighted by Gasteiger charge is 2.23. The average Bonchev–Trinajstić information content (AvgIpc) is 3.12. The Labute approximate surface area is 110 Å². The van der Waals surface area contributed by atoms with Crippen molar-refractivity contribution in [3.63, 3.8) is 0 Å². The molecule has 4 nitrogen and oxygen atoms in total. The normalized spacial score (nSPS) is 17.1. The van der Waals surface area contributed by atoms with Crippen molar-refractivity contribution in [2.75, 3.05) is 20.3 Å². The molecule has 1 unspecified atom stereocenters. The molecule has 0 saturated heterocycles. The molecule has 18 heavy (non-hydrogen) atoms. The van der Waals surface area contributed by atoms with E-state index in [1.807, 2.05) is 0 Å². The van der Waals surface area contributed by atoms with E-state index in [0.717, 1.165) is 32.0 Å². The van der Waals surface area contributed by atoms with Gasteiger partial charge in [-0.25, -0.2) is 0 Å². The van der Waals surface area contributed by atoms with Crippen LogP contribution < -0.4 is 5.32 Å². The van der Waals surface area contributed by atoms with E-state index < -0.39 is 0 Å². The van der Waals surface area contributed by atoms with E-state index in [2.05, 4.69) is 29.9 Å². The minimum absolute atomic E-state index is 0.311. The zero-order valence-corrected chi connectivity index (χ0v) is 11.8. The first kappa shape index (κ1) is 13.6. The largest absolute Gasteiger partial charge is 0.382 e. The fraction of sp³-hybridized carbons (Fsp3) is 0.786. The zero-order chi connectivity index (χ0) is 13.0. The summed E-state index contributed by atoms with van der Waals surface area (Å²) in [6.07, 6.45) is 4.66. The minimum Gasteiger partial charge on any atom is -0.382 e. The third-order valence-corrected chi connectivity index (χ3v) is 3.51. The molecule has 0 amide bonds. The molecule has 1 aliphatic carbocycles. The Balaban J connectivity index is 2.08. The third kappa shape index (κ3) is 3.33. The number of nitrogens with zero attached hydrogens (tertiary/aromatic N) is 2. The summed E-state index contributed by atoms with van der Waals surface area (Å²) < 4.78 is 7.52. The summed E-state index contributed by atoms with van der Waals surface area (Å²) in [6, 6.07) is 3.27. The molecule has 0 bridgehead atoms. The van der Waals surface area contributed by atoms with Gasteiger partial charge in [-0.1, -0.05) is 13.8 Å². The van der Waals surface area contributed by atoms with Gasteiger partial charge in [-0.3, -0.25) is 4.68 Å². The molecule has 1 aromatic heterocycles. The Morgan fingerprint density at radius 3 is 2.78 bits per heavy atom. The van der Waals surface area contributed by atoms with Gasteiger partial charge in [-0.05, 0) is 31.7 Å². The number of ether oxygens (including phenoxy) is 1. The molecule has 0 radical (unpaired) electrons. The summed E-state index contributed by atoms with van der Waals surface area (Å²) in [7, 11) is 1.76. The van der Waals surface area contributed by atoms with Crippen molar-refractivity contribution in [2.24, 2.45) is 0 Å². The van der Waals surface area contributed by atoms with E-state index in [1.165, 1.54) is 24.2 Å². The standard InChI is InChI=1S/C14H25N3O/c1-4-11-8-13(5-2)17(16-11)14(10-18-3)9-15-12-6-7-12/h8,12,14-15H,4-7,9-10H2,1-3H3. The van der Waals surface area contributed by atoms with Crippen molar-refractivity contribution < 1.29 is 4.74 Å². The van der Waals surface area contributed by atoms with Gasteiger partial charge in [0.05, 0.1) is 18.3 Å². The molecule has 1 saturated carbocycles. The van der Waals surface area contributed by atoms with Gasteiger partial charge in [0.2, 0.25) is 0 Å². The predicted molar refractivity (Wildman–Crippen MR) is 72.9 cm³/mol. The summed E-state index contributed by atoms with van der Waals surface area (Å²) >= 11 is 0. The monoisotopic (exact) mass is 251 g/mol. The van der Waals surface area contributed by atoms with E-state index in [-0.39, 0.29) is 0 Å². The number of nitrogens with one attached hydrogen (secondary N) is 1. The second-order valence-electron chi connectivity index (χ2n) is 5.07. The molecule has 1 atom stereocenters. The van der Waals surface area contributed by atoms with Crippen molar-refractivity contribution in [2.45, 2.75) is 51.6 Å². The van der Waals surface area contributed by atoms with Gasteiger partial charge in [-0.2, -0.15) is 5.10 Å². The Morgan fingerprint density at radius 2 is 2.22 bits per heavy atom. The van der Waals surface area contributed by atoms with Crippen LogP contribution in [0.15, 0.2) is 6.07 Å². The van der Waals surface area contributed by atoms with Crippen molar-refractivity contribution in [1.29, 1.82) is 0 Å². The van der Waals surface area contributed by atoms with Crippen LogP contribution in [-0.2, 0) is 17.6 Å². The van der Waals surface area contributed by atoms with Gasteiger partial charge in [-0.15, -0.1) is 0 Å². The van der Waals surface area contributed by atoms with Gasteiger partial charge in [0.25, 0.3) is 0 Å². The summed E-state index contributed by atoms with van der Waals surface area (Å²) in [5.74, 6) is 0. The van der Waals surface area contributed by atoms with Crippen molar-refractivity contribution in [3.8, 4) is 0 Å². The van der Waals surface area contributed by atoms with Gasteiger partial charge < -0.3 is 10.1 Å². The smallest absolute Gasteiger partial charge is 0.0879 e. The fourth-order valence-corrected chi connectivity index (χ4v) is 2.24. The Bertz CT molecular complexity index is 371. The van der Waals surface area contributed by atoms with Crippen LogP contribution in [-0.4, -0.2) is 36.1 Å². The van der Waals surface area contributed by atoms with Gasteiger partial charge in [0.1, 0.15) is 0 Å². The number of hydrogen-bond acceptors (Lipinski definition) is 3. The second kappa shape index (κ2) is 6.34. The van der Waals surface area contributed by atoms with E-state index in [0.29, 0.717) is 6.04 Å². The number of rotatable bonds is 8. The summed E-state index contributed by atoms with van der Waals surface area (Å²) in [6.45, 7) is 6.01. The summed E-state index contributed by atoms with van der Waals surface area (Å²) in [5.41, 5.74) is 2.49. The van der Waals surface area contributed by atoms with Crippen LogP contribution in [0.3, 0.4) is 0 Å². The number of aromatic nitrogens is 2. The lowest BCUT2D eigenvalue weighted by atomic mass is 10.2. The van der Waals surface area contributed by atoms with E-state index >= 15 is 0 Å². The van der Waals surface area contributed by atoms with Crippen LogP contribution in [0.1, 0.15) is 44.1 Å². The number of hydrogen-bond donors (Lipinski definition) is 1. The van der Waals surface area contributed by atoms with Crippen molar-refractivity contribution in [1.82, 2.24) is 15.1 Å². The number of methoxy groups -OCH3 is 1. The highest BCUT2D eigenvalue weighted by molar-refractivity contribution is 5.11. The fourth-order valence-electron chi connectivity index (χ4n) is 2.24. The maximum absolute atomic E-state index is 5.35. The molecule has 2 rings (SSSR count). The molecular formula is C14H25N3O. The number of aryl methyl sites for hydroxylation is 2. The molecule has 1 N–H and O–H groups in total. The Morgan fingerprint density at radius 1 is 1.44 bits per heavy atom. The minimum atomic E-state index is 0.311. The maximum atomic E-state index is 5.35. The first-order chi connectivity index (χ1) is 8.78. The zero-order valence-electron chi connectivity index (χ0n) is 11.8. The predicted octanol–water partition coefficient (Wildman–Crippen LogP) is 1.95. The molecule has 0 aromatic carbocycles. The lowest BCUT2D eigenvalue weighted by molar-refractivity contribution is 0.146. The van der Waals surface area contributed by atoms with Crippen LogP contribution in [0.25, 0.3) is 0 Å². The Kier molecular flexibility index (Phi) is 4.78. The highest BCUT2D eigenvalue weighted by atomic mass is 16.5. The molecule has 0 spiro atoms. The van der Waals surface area contributed by atoms with Crippen LogP contribution in [0, 0.1) is 0 Å². The lowest BCUT2D eigenvalue weighted by Crippen LogP contribution is -2.31. The second-order valence-corrected chi connectivity index (χ2v) is 5.07. The summed E-state index contributed by atoms with van der Waals surface area (Å²) in [5, 5.41) is 8.29. The van der Waals surface area contributed by atoms with E-state index in [9.17, 15) is 0 Å². The van der Waals surface area contributed by atoms with E-state index in [4.69, 9.17) is 9.84 Å². The molecule has 1 aliphatic rings. The molecular weight excluding hydrogens is 226 g/mol. The summed E-state index contributed by atoms with van der Waals surface area (Å²) in [4.78, 5) is 0. The molecule has 4 heteroatoms. The first-order valence-electron chi connectivity index (χ1n) is 7.08. The average molecular weight is 251 g/mol. The quantitative estimate of drug-likeness (QED) is 0.767. The maximum Gasteiger partial charge on any atom is 0.0879 e. The Hall–Kier alpha value is -0.870. The van der Waals surface area contributed by atoms with Crippen LogP contribution in [0.5, 0.6) is 0 Å². The molecule has 102 valence electrons. The third-order valence-electron chi connectivity index (χ3n) is 3.51. The lowest BCUT2D eigenvalue weighted by Gasteiger charge is -2.19. The van der Waals surface area contributed by atoms with Crippen molar-refractivity contribution >= 4 is 0 Å². The van der Waals surface area contributed by atoms with Crippen LogP contribution in [0.4, 0.5) is 0 Å². The van der Waals surface area contributed by atoms with E-state index in [1.54, 1.807) is 7.11 Å². The van der Waals surface area contributed by atoms with Gasteiger partial charge in [0.15, 0.2) is 0 Å². The van der Waals surface area contributed by atoms with Gasteiger partial charge >= 0.3 is 0 Å². The van der Waals surface area contributed by atoms with Gasteiger partial charge in [0, 0.05) is 25.4 Å². The first-order valence-corrected chi connectivity index (χ1v) is 7.08. The van der Waals surface area contributed by atoms with Crippen LogP contribution in [0.2, 0.25) is 0 Å².